The zero-order chi connectivity index (χ0) is 14.1. The molecule has 0 heterocycles. The van der Waals surface area contributed by atoms with Gasteiger partial charge in [-0.1, -0.05) is 24.3 Å². The van der Waals surface area contributed by atoms with Gasteiger partial charge in [0.15, 0.2) is 0 Å². The molecule has 0 amide bonds. The summed E-state index contributed by atoms with van der Waals surface area (Å²) in [6.07, 6.45) is 3.35. The van der Waals surface area contributed by atoms with Gasteiger partial charge in [-0.05, 0) is 42.0 Å². The topological polar surface area (TPSA) is 20.2 Å². The third kappa shape index (κ3) is 1.90. The van der Waals surface area contributed by atoms with Crippen LogP contribution in [0.15, 0.2) is 30.3 Å². The maximum atomic E-state index is 13.3. The lowest BCUT2D eigenvalue weighted by Gasteiger charge is -2.12. The Kier molecular flexibility index (Phi) is 3.26. The van der Waals surface area contributed by atoms with Crippen LogP contribution in [-0.4, -0.2) is 5.11 Å². The molecule has 0 aromatic heterocycles. The highest BCUT2D eigenvalue weighted by Crippen LogP contribution is 2.36. The van der Waals surface area contributed by atoms with Gasteiger partial charge in [-0.25, -0.2) is 8.78 Å². The Morgan fingerprint density at radius 2 is 1.65 bits per heavy atom. The predicted molar refractivity (Wildman–Crippen MR) is 76.0 cm³/mol. The molecule has 0 saturated heterocycles. The monoisotopic (exact) mass is 272 g/mol. The van der Waals surface area contributed by atoms with Crippen LogP contribution in [0.25, 0.3) is 23.8 Å². The first-order valence-electron chi connectivity index (χ1n) is 6.60. The van der Waals surface area contributed by atoms with Crippen molar-refractivity contribution in [3.8, 4) is 16.9 Å². The summed E-state index contributed by atoms with van der Waals surface area (Å²) in [4.78, 5) is 0. The van der Waals surface area contributed by atoms with Gasteiger partial charge in [0.05, 0.1) is 12.7 Å². The van der Waals surface area contributed by atoms with E-state index < -0.39 is 0 Å². The van der Waals surface area contributed by atoms with Gasteiger partial charge in [0.25, 0.3) is 0 Å². The molecule has 0 bridgehead atoms. The molecule has 3 rings (SSSR count). The summed E-state index contributed by atoms with van der Waals surface area (Å²) in [5.41, 5.74) is 3.17. The summed E-state index contributed by atoms with van der Waals surface area (Å²) in [6, 6.07) is 8.69. The standard InChI is InChI=1S/C17H14F2O/c18-9-13-8-7-12-4-1-3-11-5-2-6-15(20)17(11)16(12)14(13)10-19/h2,5-10,20H,1,3-4H2. The Labute approximate surface area is 115 Å². The zero-order valence-electron chi connectivity index (χ0n) is 10.9. The molecule has 2 aromatic carbocycles. The maximum Gasteiger partial charge on any atom is 0.123 e. The van der Waals surface area contributed by atoms with Crippen molar-refractivity contribution in [2.45, 2.75) is 19.3 Å². The smallest absolute Gasteiger partial charge is 0.123 e. The summed E-state index contributed by atoms with van der Waals surface area (Å²) >= 11 is 0. The highest BCUT2D eigenvalue weighted by atomic mass is 19.1. The Hall–Kier alpha value is -2.16. The summed E-state index contributed by atoms with van der Waals surface area (Å²) in [7, 11) is 0. The van der Waals surface area contributed by atoms with Crippen molar-refractivity contribution in [3.05, 3.63) is 51.9 Å². The highest BCUT2D eigenvalue weighted by Gasteiger charge is 2.19. The number of rotatable bonds is 0. The Bertz CT molecular complexity index is 778. The first kappa shape index (κ1) is 12.9. The number of hydrogen-bond acceptors (Lipinski definition) is 1. The molecular weight excluding hydrogens is 258 g/mol. The molecule has 1 aliphatic carbocycles. The van der Waals surface area contributed by atoms with Crippen molar-refractivity contribution in [2.75, 3.05) is 0 Å². The summed E-state index contributed by atoms with van der Waals surface area (Å²) in [5.74, 6) is 0.116. The molecule has 0 spiro atoms. The third-order valence-electron chi connectivity index (χ3n) is 3.86. The van der Waals surface area contributed by atoms with Crippen LogP contribution in [0.4, 0.5) is 8.78 Å². The van der Waals surface area contributed by atoms with Gasteiger partial charge in [0.2, 0.25) is 0 Å². The average molecular weight is 272 g/mol. The highest BCUT2D eigenvalue weighted by molar-refractivity contribution is 5.78. The van der Waals surface area contributed by atoms with Crippen LogP contribution in [-0.2, 0) is 12.8 Å². The van der Waals surface area contributed by atoms with Crippen LogP contribution in [0.3, 0.4) is 0 Å². The van der Waals surface area contributed by atoms with Crippen molar-refractivity contribution in [2.24, 2.45) is 0 Å². The van der Waals surface area contributed by atoms with E-state index in [1.165, 1.54) is 0 Å². The second kappa shape index (κ2) is 5.08. The van der Waals surface area contributed by atoms with Crippen LogP contribution < -0.4 is 10.4 Å². The van der Waals surface area contributed by atoms with Gasteiger partial charge in [-0.15, -0.1) is 0 Å². The number of fused-ring (bicyclic) bond motifs is 3. The molecule has 0 radical (unpaired) electrons. The zero-order valence-corrected chi connectivity index (χ0v) is 10.9. The molecule has 3 heteroatoms. The van der Waals surface area contributed by atoms with Crippen molar-refractivity contribution < 1.29 is 13.9 Å². The van der Waals surface area contributed by atoms with E-state index >= 15 is 0 Å². The molecular formula is C17H14F2O. The van der Waals surface area contributed by atoms with Crippen molar-refractivity contribution in [1.29, 1.82) is 0 Å². The van der Waals surface area contributed by atoms with Crippen molar-refractivity contribution in [1.82, 2.24) is 0 Å². The van der Waals surface area contributed by atoms with E-state index in [2.05, 4.69) is 0 Å². The van der Waals surface area contributed by atoms with E-state index in [1.54, 1.807) is 18.2 Å². The molecule has 0 saturated carbocycles. The van der Waals surface area contributed by atoms with Gasteiger partial charge in [-0.3, -0.25) is 0 Å². The number of benzene rings is 2. The number of phenolic OH excluding ortho intramolecular Hbond substituents is 1. The van der Waals surface area contributed by atoms with Crippen LogP contribution in [0, 0.1) is 0 Å². The van der Waals surface area contributed by atoms with E-state index in [4.69, 9.17) is 0 Å². The van der Waals surface area contributed by atoms with Gasteiger partial charge in [0, 0.05) is 16.0 Å². The molecule has 0 fully saturated rings. The molecule has 0 unspecified atom stereocenters. The third-order valence-corrected chi connectivity index (χ3v) is 3.86. The van der Waals surface area contributed by atoms with E-state index in [-0.39, 0.29) is 16.2 Å². The van der Waals surface area contributed by atoms with E-state index in [0.29, 0.717) is 23.8 Å². The van der Waals surface area contributed by atoms with Crippen LogP contribution >= 0.6 is 0 Å². The predicted octanol–water partition coefficient (Wildman–Crippen LogP) is 2.96. The van der Waals surface area contributed by atoms with Crippen molar-refractivity contribution in [3.63, 3.8) is 0 Å². The minimum absolute atomic E-state index is 0.116. The lowest BCUT2D eigenvalue weighted by Crippen LogP contribution is -2.27. The molecule has 1 N–H and O–H groups in total. The SMILES string of the molecule is Oc1cccc2c1-c1c(ccc(=CF)c1=CF)CCC2. The normalized spacial score (nSPS) is 15.7. The molecule has 1 aliphatic rings. The molecule has 1 nitrogen and oxygen atoms in total. The van der Waals surface area contributed by atoms with E-state index in [1.807, 2.05) is 12.1 Å². The number of phenols is 1. The lowest BCUT2D eigenvalue weighted by atomic mass is 9.93. The quantitative estimate of drug-likeness (QED) is 0.781. The Balaban J connectivity index is 2.51. The molecule has 20 heavy (non-hydrogen) atoms. The fourth-order valence-electron chi connectivity index (χ4n) is 2.95. The first-order chi connectivity index (χ1) is 9.76. The fraction of sp³-hybridized carbons (Fsp3) is 0.176. The Morgan fingerprint density at radius 1 is 0.900 bits per heavy atom. The largest absolute Gasteiger partial charge is 0.507 e. The minimum Gasteiger partial charge on any atom is -0.507 e. The number of aromatic hydroxyl groups is 1. The molecule has 0 atom stereocenters. The van der Waals surface area contributed by atoms with Gasteiger partial charge in [-0.2, -0.15) is 0 Å². The van der Waals surface area contributed by atoms with Gasteiger partial charge < -0.3 is 5.11 Å². The van der Waals surface area contributed by atoms with E-state index in [0.717, 1.165) is 30.4 Å². The number of aryl methyl sites for hydroxylation is 2. The minimum atomic E-state index is 0.116. The lowest BCUT2D eigenvalue weighted by molar-refractivity contribution is 0.476. The molecule has 2 aromatic rings. The molecule has 0 aliphatic heterocycles. The summed E-state index contributed by atoms with van der Waals surface area (Å²) < 4.78 is 26.3. The van der Waals surface area contributed by atoms with Gasteiger partial charge >= 0.3 is 0 Å². The van der Waals surface area contributed by atoms with Crippen LogP contribution in [0.1, 0.15) is 17.5 Å². The van der Waals surface area contributed by atoms with Gasteiger partial charge in [0.1, 0.15) is 5.75 Å². The van der Waals surface area contributed by atoms with Crippen molar-refractivity contribution >= 4 is 12.7 Å². The maximum absolute atomic E-state index is 13.3. The van der Waals surface area contributed by atoms with Crippen LogP contribution in [0.5, 0.6) is 5.75 Å². The fourth-order valence-corrected chi connectivity index (χ4v) is 2.95. The second-order valence-corrected chi connectivity index (χ2v) is 4.99. The summed E-state index contributed by atoms with van der Waals surface area (Å²) in [5, 5.41) is 10.6. The number of halogens is 2. The van der Waals surface area contributed by atoms with Crippen LogP contribution in [0.2, 0.25) is 0 Å². The Morgan fingerprint density at radius 3 is 2.35 bits per heavy atom. The second-order valence-electron chi connectivity index (χ2n) is 4.99. The molecule has 102 valence electrons. The average Bonchev–Trinajstić information content (AvgIpc) is 2.66. The summed E-state index contributed by atoms with van der Waals surface area (Å²) in [6.45, 7) is 0. The number of hydrogen-bond donors (Lipinski definition) is 1. The van der Waals surface area contributed by atoms with E-state index in [9.17, 15) is 13.9 Å². The first-order valence-corrected chi connectivity index (χ1v) is 6.60.